The second-order valence-electron chi connectivity index (χ2n) is 5.13. The maximum Gasteiger partial charge on any atom is 0.242 e. The van der Waals surface area contributed by atoms with Crippen molar-refractivity contribution in [3.8, 4) is 0 Å². The van der Waals surface area contributed by atoms with Crippen molar-refractivity contribution in [3.63, 3.8) is 0 Å². The van der Waals surface area contributed by atoms with E-state index in [4.69, 9.17) is 4.74 Å². The van der Waals surface area contributed by atoms with E-state index in [1.807, 2.05) is 0 Å². The van der Waals surface area contributed by atoms with Crippen molar-refractivity contribution in [2.24, 2.45) is 0 Å². The highest BCUT2D eigenvalue weighted by Crippen LogP contribution is 2.17. The van der Waals surface area contributed by atoms with Gasteiger partial charge in [-0.3, -0.25) is 4.79 Å². The Morgan fingerprint density at radius 1 is 1.50 bits per heavy atom. The minimum absolute atomic E-state index is 0.0145. The molecular weight excluding hydrogens is 258 g/mol. The predicted octanol–water partition coefficient (Wildman–Crippen LogP) is 0.0729. The smallest absolute Gasteiger partial charge is 0.242 e. The summed E-state index contributed by atoms with van der Waals surface area (Å²) in [4.78, 5) is 11.8. The molecule has 0 aliphatic heterocycles. The SMILES string of the molecule is COCCNCc1cn(CC(=O)NC2CCCC2)nn1. The van der Waals surface area contributed by atoms with Crippen molar-refractivity contribution in [2.45, 2.75) is 44.8 Å². The standard InChI is InChI=1S/C13H23N5O2/c1-20-7-6-14-8-12-9-18(17-16-12)10-13(19)15-11-4-2-3-5-11/h9,11,14H,2-8,10H2,1H3,(H,15,19). The molecule has 1 aliphatic rings. The summed E-state index contributed by atoms with van der Waals surface area (Å²) in [5, 5.41) is 14.2. The summed E-state index contributed by atoms with van der Waals surface area (Å²) in [5.74, 6) is 0.0145. The molecule has 0 aromatic carbocycles. The van der Waals surface area contributed by atoms with Crippen molar-refractivity contribution < 1.29 is 9.53 Å². The molecule has 7 nitrogen and oxygen atoms in total. The molecule has 2 rings (SSSR count). The van der Waals surface area contributed by atoms with Gasteiger partial charge in [-0.1, -0.05) is 18.1 Å². The number of ether oxygens (including phenoxy) is 1. The Morgan fingerprint density at radius 2 is 2.30 bits per heavy atom. The highest BCUT2D eigenvalue weighted by Gasteiger charge is 2.17. The highest BCUT2D eigenvalue weighted by atomic mass is 16.5. The van der Waals surface area contributed by atoms with Crippen molar-refractivity contribution in [1.29, 1.82) is 0 Å². The van der Waals surface area contributed by atoms with Gasteiger partial charge in [0.05, 0.1) is 18.5 Å². The molecule has 20 heavy (non-hydrogen) atoms. The summed E-state index contributed by atoms with van der Waals surface area (Å²) in [5.41, 5.74) is 0.828. The topological polar surface area (TPSA) is 81.1 Å². The zero-order valence-electron chi connectivity index (χ0n) is 12.0. The van der Waals surface area contributed by atoms with E-state index in [-0.39, 0.29) is 12.5 Å². The Labute approximate surface area is 119 Å². The number of nitrogens with one attached hydrogen (secondary N) is 2. The molecule has 0 bridgehead atoms. The van der Waals surface area contributed by atoms with Crippen molar-refractivity contribution in [2.75, 3.05) is 20.3 Å². The summed E-state index contributed by atoms with van der Waals surface area (Å²) < 4.78 is 6.53. The van der Waals surface area contributed by atoms with Gasteiger partial charge in [0.1, 0.15) is 6.54 Å². The van der Waals surface area contributed by atoms with Crippen molar-refractivity contribution in [1.82, 2.24) is 25.6 Å². The van der Waals surface area contributed by atoms with E-state index < -0.39 is 0 Å². The molecule has 7 heteroatoms. The van der Waals surface area contributed by atoms with Crippen LogP contribution in [0.1, 0.15) is 31.4 Å². The number of amides is 1. The monoisotopic (exact) mass is 281 g/mol. The molecule has 0 spiro atoms. The lowest BCUT2D eigenvalue weighted by Crippen LogP contribution is -2.35. The first-order chi connectivity index (χ1) is 9.78. The Morgan fingerprint density at radius 3 is 3.05 bits per heavy atom. The van der Waals surface area contributed by atoms with E-state index in [0.717, 1.165) is 25.1 Å². The van der Waals surface area contributed by atoms with E-state index in [1.165, 1.54) is 12.8 Å². The van der Waals surface area contributed by atoms with Gasteiger partial charge in [-0.15, -0.1) is 5.10 Å². The van der Waals surface area contributed by atoms with Gasteiger partial charge in [0.15, 0.2) is 0 Å². The molecule has 1 amide bonds. The van der Waals surface area contributed by atoms with Crippen LogP contribution in [-0.2, 0) is 22.6 Å². The van der Waals surface area contributed by atoms with Crippen LogP contribution in [0.4, 0.5) is 0 Å². The van der Waals surface area contributed by atoms with Gasteiger partial charge in [-0.05, 0) is 12.8 Å². The lowest BCUT2D eigenvalue weighted by molar-refractivity contribution is -0.122. The van der Waals surface area contributed by atoms with Gasteiger partial charge in [-0.25, -0.2) is 4.68 Å². The number of nitrogens with zero attached hydrogens (tertiary/aromatic N) is 3. The summed E-state index contributed by atoms with van der Waals surface area (Å²) in [6.45, 7) is 2.30. The van der Waals surface area contributed by atoms with Gasteiger partial charge < -0.3 is 15.4 Å². The second-order valence-corrected chi connectivity index (χ2v) is 5.13. The van der Waals surface area contributed by atoms with Crippen LogP contribution in [0.15, 0.2) is 6.20 Å². The van der Waals surface area contributed by atoms with E-state index in [1.54, 1.807) is 18.0 Å². The molecule has 1 aromatic rings. The molecule has 0 unspecified atom stereocenters. The number of carbonyl (C=O) groups excluding carboxylic acids is 1. The van der Waals surface area contributed by atoms with Gasteiger partial charge in [-0.2, -0.15) is 0 Å². The van der Waals surface area contributed by atoms with Crippen LogP contribution in [-0.4, -0.2) is 47.2 Å². The molecule has 0 atom stereocenters. The molecule has 1 fully saturated rings. The molecule has 0 saturated heterocycles. The Balaban J connectivity index is 1.69. The van der Waals surface area contributed by atoms with Crippen LogP contribution in [0.5, 0.6) is 0 Å². The lowest BCUT2D eigenvalue weighted by Gasteiger charge is -2.11. The fraction of sp³-hybridized carbons (Fsp3) is 0.769. The van der Waals surface area contributed by atoms with E-state index >= 15 is 0 Å². The Kier molecular flexibility index (Phi) is 5.94. The van der Waals surface area contributed by atoms with Gasteiger partial charge in [0.25, 0.3) is 0 Å². The number of hydrogen-bond acceptors (Lipinski definition) is 5. The van der Waals surface area contributed by atoms with Crippen LogP contribution >= 0.6 is 0 Å². The number of carbonyl (C=O) groups is 1. The summed E-state index contributed by atoms with van der Waals surface area (Å²) >= 11 is 0. The number of rotatable bonds is 8. The molecule has 112 valence electrons. The number of aromatic nitrogens is 3. The summed E-state index contributed by atoms with van der Waals surface area (Å²) in [6.07, 6.45) is 6.42. The Bertz CT molecular complexity index is 415. The fourth-order valence-corrected chi connectivity index (χ4v) is 2.38. The third-order valence-electron chi connectivity index (χ3n) is 3.40. The minimum atomic E-state index is 0.0145. The summed E-state index contributed by atoms with van der Waals surface area (Å²) in [7, 11) is 1.67. The zero-order chi connectivity index (χ0) is 14.2. The van der Waals surface area contributed by atoms with E-state index in [0.29, 0.717) is 19.2 Å². The van der Waals surface area contributed by atoms with Gasteiger partial charge in [0, 0.05) is 26.2 Å². The molecule has 1 aliphatic carbocycles. The van der Waals surface area contributed by atoms with E-state index in [2.05, 4.69) is 20.9 Å². The van der Waals surface area contributed by atoms with Crippen molar-refractivity contribution in [3.05, 3.63) is 11.9 Å². The first-order valence-electron chi connectivity index (χ1n) is 7.16. The number of hydrogen-bond donors (Lipinski definition) is 2. The molecular formula is C13H23N5O2. The fourth-order valence-electron chi connectivity index (χ4n) is 2.38. The first kappa shape index (κ1) is 14.9. The van der Waals surface area contributed by atoms with Gasteiger partial charge in [0.2, 0.25) is 5.91 Å². The second kappa shape index (κ2) is 7.96. The lowest BCUT2D eigenvalue weighted by atomic mass is 10.2. The van der Waals surface area contributed by atoms with Crippen LogP contribution < -0.4 is 10.6 Å². The van der Waals surface area contributed by atoms with Gasteiger partial charge >= 0.3 is 0 Å². The summed E-state index contributed by atoms with van der Waals surface area (Å²) in [6, 6.07) is 0.348. The zero-order valence-corrected chi connectivity index (χ0v) is 12.0. The third kappa shape index (κ3) is 4.90. The minimum Gasteiger partial charge on any atom is -0.383 e. The van der Waals surface area contributed by atoms with Crippen molar-refractivity contribution >= 4 is 5.91 Å². The normalized spacial score (nSPS) is 15.7. The third-order valence-corrected chi connectivity index (χ3v) is 3.40. The van der Waals surface area contributed by atoms with E-state index in [9.17, 15) is 4.79 Å². The molecule has 1 aromatic heterocycles. The molecule has 0 radical (unpaired) electrons. The van der Waals surface area contributed by atoms with Crippen LogP contribution in [0, 0.1) is 0 Å². The quantitative estimate of drug-likeness (QED) is 0.659. The van der Waals surface area contributed by atoms with Crippen LogP contribution in [0.25, 0.3) is 0 Å². The maximum absolute atomic E-state index is 11.8. The maximum atomic E-state index is 11.8. The average molecular weight is 281 g/mol. The average Bonchev–Trinajstić information content (AvgIpc) is 3.07. The number of methoxy groups -OCH3 is 1. The Hall–Kier alpha value is -1.47. The molecule has 1 saturated carbocycles. The van der Waals surface area contributed by atoms with Crippen LogP contribution in [0.3, 0.4) is 0 Å². The predicted molar refractivity (Wildman–Crippen MR) is 74.0 cm³/mol. The first-order valence-corrected chi connectivity index (χ1v) is 7.16. The van der Waals surface area contributed by atoms with Crippen LogP contribution in [0.2, 0.25) is 0 Å². The largest absolute Gasteiger partial charge is 0.383 e. The highest BCUT2D eigenvalue weighted by molar-refractivity contribution is 5.75. The molecule has 1 heterocycles. The molecule has 2 N–H and O–H groups in total.